The SMILES string of the molecule is CC(=O)Oc1cc2c(cc1OC(=O)C(C)(C)C)[C@H]1c3ccccc3CN[C@@H]1CC2. The minimum atomic E-state index is -0.662. The molecule has 1 aliphatic carbocycles. The van der Waals surface area contributed by atoms with Crippen molar-refractivity contribution in [2.24, 2.45) is 5.41 Å². The maximum Gasteiger partial charge on any atom is 0.316 e. The molecule has 0 aromatic heterocycles. The molecule has 29 heavy (non-hydrogen) atoms. The van der Waals surface area contributed by atoms with Crippen molar-refractivity contribution in [1.29, 1.82) is 0 Å². The van der Waals surface area contributed by atoms with Gasteiger partial charge in [-0.05, 0) is 68.0 Å². The van der Waals surface area contributed by atoms with Gasteiger partial charge in [-0.25, -0.2) is 0 Å². The van der Waals surface area contributed by atoms with Gasteiger partial charge in [-0.3, -0.25) is 9.59 Å². The lowest BCUT2D eigenvalue weighted by Crippen LogP contribution is -2.42. The van der Waals surface area contributed by atoms with Gasteiger partial charge in [-0.1, -0.05) is 24.3 Å². The Morgan fingerprint density at radius 1 is 1.00 bits per heavy atom. The summed E-state index contributed by atoms with van der Waals surface area (Å²) >= 11 is 0. The molecule has 0 fully saturated rings. The largest absolute Gasteiger partial charge is 0.423 e. The van der Waals surface area contributed by atoms with Gasteiger partial charge in [0.1, 0.15) is 0 Å². The molecular formula is C24H27NO4. The number of hydrogen-bond acceptors (Lipinski definition) is 5. The van der Waals surface area contributed by atoms with E-state index < -0.39 is 11.4 Å². The van der Waals surface area contributed by atoms with Crippen LogP contribution in [-0.4, -0.2) is 18.0 Å². The molecule has 2 aromatic rings. The van der Waals surface area contributed by atoms with Crippen molar-refractivity contribution in [2.45, 2.75) is 59.0 Å². The van der Waals surface area contributed by atoms with Crippen molar-refractivity contribution in [2.75, 3.05) is 0 Å². The van der Waals surface area contributed by atoms with E-state index in [-0.39, 0.29) is 11.9 Å². The van der Waals surface area contributed by atoms with Crippen LogP contribution in [0.1, 0.15) is 62.3 Å². The maximum atomic E-state index is 12.5. The fraction of sp³-hybridized carbons (Fsp3) is 0.417. The van der Waals surface area contributed by atoms with Crippen LogP contribution in [0.2, 0.25) is 0 Å². The van der Waals surface area contributed by atoms with E-state index in [0.717, 1.165) is 30.5 Å². The summed E-state index contributed by atoms with van der Waals surface area (Å²) in [6.07, 6.45) is 1.89. The molecule has 0 spiro atoms. The number of benzene rings is 2. The molecular weight excluding hydrogens is 366 g/mol. The predicted octanol–water partition coefficient (Wildman–Crippen LogP) is 4.11. The van der Waals surface area contributed by atoms with Crippen molar-refractivity contribution in [3.05, 3.63) is 58.7 Å². The Balaban J connectivity index is 1.82. The van der Waals surface area contributed by atoms with Gasteiger partial charge in [0.2, 0.25) is 0 Å². The Bertz CT molecular complexity index is 973. The third-order valence-corrected chi connectivity index (χ3v) is 5.68. The van der Waals surface area contributed by atoms with Crippen LogP contribution >= 0.6 is 0 Å². The maximum absolute atomic E-state index is 12.5. The lowest BCUT2D eigenvalue weighted by molar-refractivity contribution is -0.143. The van der Waals surface area contributed by atoms with Crippen molar-refractivity contribution in [3.63, 3.8) is 0 Å². The van der Waals surface area contributed by atoms with Crippen LogP contribution in [0.15, 0.2) is 36.4 Å². The van der Waals surface area contributed by atoms with Gasteiger partial charge >= 0.3 is 11.9 Å². The lowest BCUT2D eigenvalue weighted by Gasteiger charge is -2.39. The van der Waals surface area contributed by atoms with E-state index in [4.69, 9.17) is 9.47 Å². The van der Waals surface area contributed by atoms with E-state index in [1.807, 2.05) is 12.1 Å². The highest BCUT2D eigenvalue weighted by Gasteiger charge is 2.36. The molecule has 2 aliphatic rings. The zero-order valence-electron chi connectivity index (χ0n) is 17.4. The molecule has 1 heterocycles. The number of nitrogens with one attached hydrogen (secondary N) is 1. The molecule has 1 aliphatic heterocycles. The predicted molar refractivity (Wildman–Crippen MR) is 110 cm³/mol. The molecule has 4 rings (SSSR count). The van der Waals surface area contributed by atoms with E-state index in [1.54, 1.807) is 20.8 Å². The molecule has 2 aromatic carbocycles. The summed E-state index contributed by atoms with van der Waals surface area (Å²) < 4.78 is 11.1. The van der Waals surface area contributed by atoms with Crippen LogP contribution in [0, 0.1) is 5.41 Å². The fourth-order valence-electron chi connectivity index (χ4n) is 4.23. The summed E-state index contributed by atoms with van der Waals surface area (Å²) in [5.41, 5.74) is 4.21. The molecule has 0 amide bonds. The summed E-state index contributed by atoms with van der Waals surface area (Å²) in [7, 11) is 0. The Morgan fingerprint density at radius 2 is 1.72 bits per heavy atom. The Morgan fingerprint density at radius 3 is 2.45 bits per heavy atom. The van der Waals surface area contributed by atoms with Gasteiger partial charge < -0.3 is 14.8 Å². The Kier molecular flexibility index (Phi) is 4.95. The van der Waals surface area contributed by atoms with Crippen LogP contribution in [0.3, 0.4) is 0 Å². The first-order valence-corrected chi connectivity index (χ1v) is 10.1. The number of carbonyl (C=O) groups is 2. The molecule has 0 saturated heterocycles. The third kappa shape index (κ3) is 3.79. The Labute approximate surface area is 171 Å². The van der Waals surface area contributed by atoms with E-state index in [9.17, 15) is 9.59 Å². The van der Waals surface area contributed by atoms with E-state index in [2.05, 4.69) is 29.6 Å². The molecule has 5 nitrogen and oxygen atoms in total. The first kappa shape index (κ1) is 19.6. The molecule has 0 bridgehead atoms. The van der Waals surface area contributed by atoms with Crippen LogP contribution < -0.4 is 14.8 Å². The normalized spacial score (nSPS) is 20.1. The summed E-state index contributed by atoms with van der Waals surface area (Å²) in [5, 5.41) is 3.66. The van der Waals surface area contributed by atoms with Gasteiger partial charge in [-0.15, -0.1) is 0 Å². The minimum Gasteiger partial charge on any atom is -0.423 e. The second-order valence-electron chi connectivity index (χ2n) is 8.93. The van der Waals surface area contributed by atoms with E-state index in [1.165, 1.54) is 18.1 Å². The van der Waals surface area contributed by atoms with Crippen molar-refractivity contribution < 1.29 is 19.1 Å². The van der Waals surface area contributed by atoms with E-state index >= 15 is 0 Å². The highest BCUT2D eigenvalue weighted by atomic mass is 16.6. The van der Waals surface area contributed by atoms with Gasteiger partial charge in [0, 0.05) is 25.4 Å². The molecule has 0 saturated carbocycles. The molecule has 1 N–H and O–H groups in total. The number of aryl methyl sites for hydroxylation is 1. The summed E-state index contributed by atoms with van der Waals surface area (Å²) in [6.45, 7) is 7.62. The van der Waals surface area contributed by atoms with Gasteiger partial charge in [0.15, 0.2) is 11.5 Å². The molecule has 5 heteroatoms. The zero-order valence-corrected chi connectivity index (χ0v) is 17.4. The molecule has 152 valence electrons. The fourth-order valence-corrected chi connectivity index (χ4v) is 4.23. The van der Waals surface area contributed by atoms with E-state index in [0.29, 0.717) is 17.5 Å². The standard InChI is InChI=1S/C24H27NO4/c1-14(26)28-20-11-15-9-10-19-22(17-8-6-5-7-16(17)13-25-19)18(15)12-21(20)29-23(27)24(2,3)4/h5-8,11-12,19,22,25H,9-10,13H2,1-4H3/t19-,22-/m1/s1. The number of carbonyl (C=O) groups excluding carboxylic acids is 2. The smallest absolute Gasteiger partial charge is 0.316 e. The number of rotatable bonds is 2. The molecule has 0 radical (unpaired) electrons. The number of ether oxygens (including phenoxy) is 2. The average Bonchev–Trinajstić information content (AvgIpc) is 2.66. The number of fused-ring (bicyclic) bond motifs is 5. The first-order valence-electron chi connectivity index (χ1n) is 10.1. The topological polar surface area (TPSA) is 64.6 Å². The summed E-state index contributed by atoms with van der Waals surface area (Å²) in [5.74, 6) is 0.00542. The minimum absolute atomic E-state index is 0.183. The molecule has 0 unspecified atom stereocenters. The van der Waals surface area contributed by atoms with Crippen LogP contribution in [0.25, 0.3) is 0 Å². The lowest BCUT2D eigenvalue weighted by atomic mass is 9.72. The monoisotopic (exact) mass is 393 g/mol. The van der Waals surface area contributed by atoms with Crippen LogP contribution in [-0.2, 0) is 22.6 Å². The van der Waals surface area contributed by atoms with Crippen LogP contribution in [0.4, 0.5) is 0 Å². The first-order chi connectivity index (χ1) is 13.7. The van der Waals surface area contributed by atoms with Gasteiger partial charge in [0.05, 0.1) is 5.41 Å². The van der Waals surface area contributed by atoms with Crippen molar-refractivity contribution >= 4 is 11.9 Å². The van der Waals surface area contributed by atoms with Crippen molar-refractivity contribution in [3.8, 4) is 11.5 Å². The molecule has 2 atom stereocenters. The highest BCUT2D eigenvalue weighted by Crippen LogP contribution is 2.45. The number of hydrogen-bond donors (Lipinski definition) is 1. The summed E-state index contributed by atoms with van der Waals surface area (Å²) in [4.78, 5) is 24.2. The third-order valence-electron chi connectivity index (χ3n) is 5.68. The van der Waals surface area contributed by atoms with Crippen LogP contribution in [0.5, 0.6) is 11.5 Å². The second-order valence-corrected chi connectivity index (χ2v) is 8.93. The number of esters is 2. The van der Waals surface area contributed by atoms with Crippen molar-refractivity contribution in [1.82, 2.24) is 5.32 Å². The zero-order chi connectivity index (χ0) is 20.8. The highest BCUT2D eigenvalue weighted by molar-refractivity contribution is 5.79. The quantitative estimate of drug-likeness (QED) is 0.614. The average molecular weight is 393 g/mol. The Hall–Kier alpha value is -2.66. The summed E-state index contributed by atoms with van der Waals surface area (Å²) in [6, 6.07) is 12.6. The second kappa shape index (κ2) is 7.30. The van der Waals surface area contributed by atoms with Gasteiger partial charge in [0.25, 0.3) is 0 Å². The van der Waals surface area contributed by atoms with Gasteiger partial charge in [-0.2, -0.15) is 0 Å².